The van der Waals surface area contributed by atoms with Gasteiger partial charge in [0.05, 0.1) is 6.61 Å². The molecule has 0 aliphatic carbocycles. The van der Waals surface area contributed by atoms with Gasteiger partial charge < -0.3 is 14.8 Å². The maximum Gasteiger partial charge on any atom is 0.451 e. The van der Waals surface area contributed by atoms with Gasteiger partial charge in [0.2, 0.25) is 11.7 Å². The lowest BCUT2D eigenvalue weighted by molar-refractivity contribution is -0.145. The van der Waals surface area contributed by atoms with Crippen LogP contribution in [-0.4, -0.2) is 36.3 Å². The van der Waals surface area contributed by atoms with Crippen molar-refractivity contribution in [1.29, 1.82) is 0 Å². The average Bonchev–Trinajstić information content (AvgIpc) is 2.37. The van der Waals surface area contributed by atoms with Crippen LogP contribution in [0.5, 0.6) is 5.88 Å². The third-order valence-electron chi connectivity index (χ3n) is 2.24. The predicted molar refractivity (Wildman–Crippen MR) is 72.3 cm³/mol. The lowest BCUT2D eigenvalue weighted by Gasteiger charge is -2.12. The molecule has 8 heteroatoms. The molecule has 0 bridgehead atoms. The van der Waals surface area contributed by atoms with Gasteiger partial charge >= 0.3 is 6.18 Å². The molecule has 0 unspecified atom stereocenters. The summed E-state index contributed by atoms with van der Waals surface area (Å²) in [6, 6.07) is 1.33. The summed E-state index contributed by atoms with van der Waals surface area (Å²) >= 11 is 0. The third kappa shape index (κ3) is 6.61. The van der Waals surface area contributed by atoms with Crippen molar-refractivity contribution >= 4 is 5.82 Å². The number of aromatic nitrogens is 2. The molecule has 0 aromatic carbocycles. The van der Waals surface area contributed by atoms with Gasteiger partial charge in [-0.25, -0.2) is 4.98 Å². The number of anilines is 1. The third-order valence-corrected chi connectivity index (χ3v) is 2.24. The molecule has 0 atom stereocenters. The fourth-order valence-corrected chi connectivity index (χ4v) is 1.42. The number of hydrogen-bond donors (Lipinski definition) is 1. The van der Waals surface area contributed by atoms with E-state index in [2.05, 4.69) is 15.3 Å². The number of ether oxygens (including phenoxy) is 2. The molecule has 1 heterocycles. The Morgan fingerprint density at radius 1 is 1.24 bits per heavy atom. The molecule has 0 spiro atoms. The molecule has 1 aromatic rings. The van der Waals surface area contributed by atoms with E-state index in [0.29, 0.717) is 25.7 Å². The van der Waals surface area contributed by atoms with Crippen molar-refractivity contribution in [2.75, 3.05) is 31.7 Å². The summed E-state index contributed by atoms with van der Waals surface area (Å²) in [5.74, 6) is -0.875. The Morgan fingerprint density at radius 2 is 1.95 bits per heavy atom. The van der Waals surface area contributed by atoms with Crippen LogP contribution in [0.4, 0.5) is 19.0 Å². The van der Waals surface area contributed by atoms with Crippen molar-refractivity contribution in [3.05, 3.63) is 11.9 Å². The zero-order valence-electron chi connectivity index (χ0n) is 12.3. The molecule has 0 amide bonds. The van der Waals surface area contributed by atoms with Gasteiger partial charge in [-0.15, -0.1) is 0 Å². The van der Waals surface area contributed by atoms with Crippen LogP contribution in [0.1, 0.15) is 26.6 Å². The molecule has 0 aliphatic heterocycles. The Labute approximate surface area is 121 Å². The van der Waals surface area contributed by atoms with Crippen molar-refractivity contribution in [2.24, 2.45) is 5.92 Å². The van der Waals surface area contributed by atoms with E-state index in [-0.39, 0.29) is 18.3 Å². The van der Waals surface area contributed by atoms with Crippen molar-refractivity contribution in [3.63, 3.8) is 0 Å². The molecule has 5 nitrogen and oxygen atoms in total. The molecule has 1 N–H and O–H groups in total. The molecule has 1 rings (SSSR count). The van der Waals surface area contributed by atoms with Gasteiger partial charge in [0.25, 0.3) is 0 Å². The predicted octanol–water partition coefficient (Wildman–Crippen LogP) is 2.98. The van der Waals surface area contributed by atoms with Crippen LogP contribution in [0.25, 0.3) is 0 Å². The van der Waals surface area contributed by atoms with Gasteiger partial charge in [0.15, 0.2) is 0 Å². The minimum absolute atomic E-state index is 0.0814. The number of halogens is 3. The van der Waals surface area contributed by atoms with E-state index in [9.17, 15) is 13.2 Å². The fourth-order valence-electron chi connectivity index (χ4n) is 1.42. The highest BCUT2D eigenvalue weighted by Crippen LogP contribution is 2.28. The highest BCUT2D eigenvalue weighted by Gasteiger charge is 2.35. The molecule has 0 saturated heterocycles. The minimum Gasteiger partial charge on any atom is -0.475 e. The van der Waals surface area contributed by atoms with Crippen molar-refractivity contribution in [1.82, 2.24) is 9.97 Å². The zero-order valence-corrected chi connectivity index (χ0v) is 12.3. The van der Waals surface area contributed by atoms with E-state index in [4.69, 9.17) is 9.47 Å². The maximum atomic E-state index is 12.7. The SMILES string of the molecule is CCNc1cc(OCCOCC(C)C)nc(C(F)(F)F)n1. The second-order valence-corrected chi connectivity index (χ2v) is 4.76. The number of nitrogens with one attached hydrogen (secondary N) is 1. The molecule has 0 fully saturated rings. The quantitative estimate of drug-likeness (QED) is 0.748. The monoisotopic (exact) mass is 307 g/mol. The standard InChI is InChI=1S/C13H20F3N3O2/c1-4-17-10-7-11(19-12(18-10)13(14,15)16)21-6-5-20-8-9(2)3/h7,9H,4-6,8H2,1-3H3,(H,17,18,19). The largest absolute Gasteiger partial charge is 0.475 e. The van der Waals surface area contributed by atoms with E-state index < -0.39 is 12.0 Å². The first-order chi connectivity index (χ1) is 9.82. The van der Waals surface area contributed by atoms with Crippen LogP contribution in [0.3, 0.4) is 0 Å². The van der Waals surface area contributed by atoms with Gasteiger partial charge in [-0.05, 0) is 12.8 Å². The number of hydrogen-bond acceptors (Lipinski definition) is 5. The van der Waals surface area contributed by atoms with Crippen LogP contribution < -0.4 is 10.1 Å². The molecular weight excluding hydrogens is 287 g/mol. The van der Waals surface area contributed by atoms with Gasteiger partial charge in [0.1, 0.15) is 12.4 Å². The second-order valence-electron chi connectivity index (χ2n) is 4.76. The van der Waals surface area contributed by atoms with Crippen molar-refractivity contribution in [3.8, 4) is 5.88 Å². The average molecular weight is 307 g/mol. The Bertz CT molecular complexity index is 439. The highest BCUT2D eigenvalue weighted by molar-refractivity contribution is 5.38. The van der Waals surface area contributed by atoms with Crippen molar-refractivity contribution < 1.29 is 22.6 Å². The fraction of sp³-hybridized carbons (Fsp3) is 0.692. The Hall–Kier alpha value is -1.57. The van der Waals surface area contributed by atoms with E-state index in [1.54, 1.807) is 6.92 Å². The minimum atomic E-state index is -4.61. The normalized spacial score (nSPS) is 11.8. The summed E-state index contributed by atoms with van der Waals surface area (Å²) in [6.07, 6.45) is -4.61. The summed E-state index contributed by atoms with van der Waals surface area (Å²) in [6.45, 7) is 7.21. The van der Waals surface area contributed by atoms with Crippen LogP contribution >= 0.6 is 0 Å². The zero-order chi connectivity index (χ0) is 15.9. The summed E-state index contributed by atoms with van der Waals surface area (Å²) in [4.78, 5) is 6.77. The van der Waals surface area contributed by atoms with Gasteiger partial charge in [-0.2, -0.15) is 18.2 Å². The Balaban J connectivity index is 2.65. The van der Waals surface area contributed by atoms with E-state index in [1.807, 2.05) is 13.8 Å². The Morgan fingerprint density at radius 3 is 2.52 bits per heavy atom. The molecule has 0 aliphatic rings. The summed E-state index contributed by atoms with van der Waals surface area (Å²) in [5.41, 5.74) is 0. The van der Waals surface area contributed by atoms with E-state index in [0.717, 1.165) is 0 Å². The second kappa shape index (κ2) is 8.02. The first-order valence-electron chi connectivity index (χ1n) is 6.73. The van der Waals surface area contributed by atoms with Crippen LogP contribution in [0.2, 0.25) is 0 Å². The summed E-state index contributed by atoms with van der Waals surface area (Å²) in [5, 5.41) is 2.71. The topological polar surface area (TPSA) is 56.3 Å². The molecule has 21 heavy (non-hydrogen) atoms. The Kier molecular flexibility index (Phi) is 6.67. The number of alkyl halides is 3. The highest BCUT2D eigenvalue weighted by atomic mass is 19.4. The molecule has 120 valence electrons. The lowest BCUT2D eigenvalue weighted by Crippen LogP contribution is -2.16. The lowest BCUT2D eigenvalue weighted by atomic mass is 10.2. The van der Waals surface area contributed by atoms with Crippen LogP contribution in [-0.2, 0) is 10.9 Å². The first-order valence-corrected chi connectivity index (χ1v) is 6.73. The van der Waals surface area contributed by atoms with Crippen molar-refractivity contribution in [2.45, 2.75) is 26.9 Å². The van der Waals surface area contributed by atoms with E-state index in [1.165, 1.54) is 6.07 Å². The van der Waals surface area contributed by atoms with E-state index >= 15 is 0 Å². The van der Waals surface area contributed by atoms with Crippen LogP contribution in [0, 0.1) is 5.92 Å². The van der Waals surface area contributed by atoms with Gasteiger partial charge in [0, 0.05) is 19.2 Å². The number of nitrogens with zero attached hydrogens (tertiary/aromatic N) is 2. The van der Waals surface area contributed by atoms with Gasteiger partial charge in [-0.3, -0.25) is 0 Å². The molecular formula is C13H20F3N3O2. The molecule has 1 aromatic heterocycles. The molecule has 0 saturated carbocycles. The molecule has 0 radical (unpaired) electrons. The maximum absolute atomic E-state index is 12.7. The van der Waals surface area contributed by atoms with Gasteiger partial charge in [-0.1, -0.05) is 13.8 Å². The number of rotatable bonds is 8. The summed E-state index contributed by atoms with van der Waals surface area (Å²) in [7, 11) is 0. The first kappa shape index (κ1) is 17.5. The summed E-state index contributed by atoms with van der Waals surface area (Å²) < 4.78 is 48.5. The smallest absolute Gasteiger partial charge is 0.451 e. The van der Waals surface area contributed by atoms with Crippen LogP contribution in [0.15, 0.2) is 6.07 Å².